The highest BCUT2D eigenvalue weighted by Gasteiger charge is 2.28. The number of anilines is 1. The second kappa shape index (κ2) is 9.25. The van der Waals surface area contributed by atoms with Gasteiger partial charge in [-0.05, 0) is 44.7 Å². The molecule has 1 fully saturated rings. The number of hydrogen-bond donors (Lipinski definition) is 1. The van der Waals surface area contributed by atoms with Crippen LogP contribution in [0.1, 0.15) is 43.6 Å². The summed E-state index contributed by atoms with van der Waals surface area (Å²) in [7, 11) is 0. The average molecular weight is 397 g/mol. The Hall–Kier alpha value is -2.63. The third-order valence-electron chi connectivity index (χ3n) is 5.66. The van der Waals surface area contributed by atoms with E-state index in [2.05, 4.69) is 24.3 Å². The Kier molecular flexibility index (Phi) is 6.72. The topological polar surface area (TPSA) is 67.2 Å². The van der Waals surface area contributed by atoms with Crippen LogP contribution in [0.3, 0.4) is 0 Å². The summed E-state index contributed by atoms with van der Waals surface area (Å²) < 4.78 is 2.02. The van der Waals surface area contributed by atoms with Gasteiger partial charge in [-0.1, -0.05) is 32.0 Å². The van der Waals surface area contributed by atoms with Gasteiger partial charge in [0.05, 0.1) is 12.1 Å². The van der Waals surface area contributed by atoms with E-state index >= 15 is 0 Å². The van der Waals surface area contributed by atoms with Gasteiger partial charge < -0.3 is 10.2 Å². The van der Waals surface area contributed by atoms with Crippen LogP contribution >= 0.6 is 0 Å². The molecule has 1 aromatic carbocycles. The van der Waals surface area contributed by atoms with E-state index < -0.39 is 0 Å². The minimum absolute atomic E-state index is 0.0449. The summed E-state index contributed by atoms with van der Waals surface area (Å²) in [5, 5.41) is 7.59. The molecule has 1 N–H and O–H groups in total. The van der Waals surface area contributed by atoms with Gasteiger partial charge in [0, 0.05) is 42.5 Å². The summed E-state index contributed by atoms with van der Waals surface area (Å²) >= 11 is 0. The van der Waals surface area contributed by atoms with Crippen molar-refractivity contribution in [2.24, 2.45) is 11.8 Å². The number of piperidine rings is 1. The van der Waals surface area contributed by atoms with Crippen LogP contribution < -0.4 is 5.32 Å². The molecule has 0 atom stereocenters. The molecule has 1 aromatic heterocycles. The molecule has 2 amide bonds. The van der Waals surface area contributed by atoms with E-state index in [1.165, 1.54) is 0 Å². The number of nitrogens with zero attached hydrogens (tertiary/aromatic N) is 3. The summed E-state index contributed by atoms with van der Waals surface area (Å²) in [6.45, 7) is 10.5. The van der Waals surface area contributed by atoms with E-state index in [1.807, 2.05) is 53.8 Å². The molecule has 0 unspecified atom stereocenters. The molecule has 1 aliphatic rings. The predicted octanol–water partition coefficient (Wildman–Crippen LogP) is 3.58. The molecule has 2 aromatic rings. The monoisotopic (exact) mass is 396 g/mol. The van der Waals surface area contributed by atoms with Crippen molar-refractivity contribution in [2.45, 2.75) is 53.5 Å². The first-order chi connectivity index (χ1) is 13.8. The maximum Gasteiger partial charge on any atom is 0.227 e. The molecular weight excluding hydrogens is 364 g/mol. The van der Waals surface area contributed by atoms with Crippen LogP contribution in [0.4, 0.5) is 5.69 Å². The average Bonchev–Trinajstić information content (AvgIpc) is 2.95. The molecule has 1 aliphatic heterocycles. The van der Waals surface area contributed by atoms with E-state index in [4.69, 9.17) is 0 Å². The number of likely N-dealkylation sites (tertiary alicyclic amines) is 1. The van der Waals surface area contributed by atoms with Crippen LogP contribution in [0, 0.1) is 25.7 Å². The molecule has 0 bridgehead atoms. The van der Waals surface area contributed by atoms with Gasteiger partial charge in [-0.25, -0.2) is 0 Å². The van der Waals surface area contributed by atoms with Crippen molar-refractivity contribution in [3.8, 4) is 0 Å². The number of carbonyl (C=O) groups excluding carboxylic acids is 2. The summed E-state index contributed by atoms with van der Waals surface area (Å²) in [4.78, 5) is 27.2. The Morgan fingerprint density at radius 3 is 2.41 bits per heavy atom. The number of para-hydroxylation sites is 1. The second-order valence-electron chi connectivity index (χ2n) is 8.41. The van der Waals surface area contributed by atoms with Crippen molar-refractivity contribution in [1.82, 2.24) is 14.7 Å². The Balaban J connectivity index is 1.54. The van der Waals surface area contributed by atoms with Gasteiger partial charge in [-0.15, -0.1) is 0 Å². The molecule has 0 saturated carbocycles. The SMILES string of the molecule is Cc1nn(CC(C)C)c(C)c1CC(=O)N1CCC(C(=O)Nc2ccccc2)CC1. The van der Waals surface area contributed by atoms with Gasteiger partial charge in [0.1, 0.15) is 0 Å². The molecule has 0 aliphatic carbocycles. The van der Waals surface area contributed by atoms with E-state index in [0.29, 0.717) is 38.3 Å². The molecule has 156 valence electrons. The third kappa shape index (κ3) is 5.25. The number of nitrogens with one attached hydrogen (secondary N) is 1. The van der Waals surface area contributed by atoms with Crippen LogP contribution in [-0.4, -0.2) is 39.6 Å². The molecule has 1 saturated heterocycles. The van der Waals surface area contributed by atoms with Gasteiger partial charge >= 0.3 is 0 Å². The van der Waals surface area contributed by atoms with Crippen molar-refractivity contribution < 1.29 is 9.59 Å². The zero-order valence-corrected chi connectivity index (χ0v) is 17.9. The van der Waals surface area contributed by atoms with Crippen molar-refractivity contribution in [2.75, 3.05) is 18.4 Å². The maximum absolute atomic E-state index is 12.9. The Morgan fingerprint density at radius 1 is 1.14 bits per heavy atom. The first-order valence-corrected chi connectivity index (χ1v) is 10.5. The first kappa shape index (κ1) is 21.1. The number of rotatable bonds is 6. The highest BCUT2D eigenvalue weighted by molar-refractivity contribution is 5.92. The van der Waals surface area contributed by atoms with E-state index in [-0.39, 0.29) is 17.7 Å². The van der Waals surface area contributed by atoms with E-state index in [0.717, 1.165) is 29.2 Å². The summed E-state index contributed by atoms with van der Waals surface area (Å²) in [6, 6.07) is 9.52. The van der Waals surface area contributed by atoms with Gasteiger partial charge in [0.25, 0.3) is 0 Å². The van der Waals surface area contributed by atoms with Crippen LogP contribution in [0.15, 0.2) is 30.3 Å². The van der Waals surface area contributed by atoms with E-state index in [9.17, 15) is 9.59 Å². The fourth-order valence-corrected chi connectivity index (χ4v) is 3.93. The molecule has 2 heterocycles. The molecular formula is C23H32N4O2. The maximum atomic E-state index is 12.9. The molecule has 0 spiro atoms. The zero-order valence-electron chi connectivity index (χ0n) is 17.9. The zero-order chi connectivity index (χ0) is 21.0. The van der Waals surface area contributed by atoms with Crippen LogP contribution in [0.25, 0.3) is 0 Å². The van der Waals surface area contributed by atoms with Crippen molar-refractivity contribution in [3.63, 3.8) is 0 Å². The third-order valence-corrected chi connectivity index (χ3v) is 5.66. The smallest absolute Gasteiger partial charge is 0.227 e. The quantitative estimate of drug-likeness (QED) is 0.812. The molecule has 6 heteroatoms. The minimum atomic E-state index is -0.0449. The van der Waals surface area contributed by atoms with Gasteiger partial charge in [-0.3, -0.25) is 14.3 Å². The highest BCUT2D eigenvalue weighted by Crippen LogP contribution is 2.22. The van der Waals surface area contributed by atoms with Crippen LogP contribution in [0.2, 0.25) is 0 Å². The number of amides is 2. The lowest BCUT2D eigenvalue weighted by atomic mass is 9.95. The normalized spacial score (nSPS) is 15.0. The lowest BCUT2D eigenvalue weighted by Crippen LogP contribution is -2.42. The molecule has 29 heavy (non-hydrogen) atoms. The second-order valence-corrected chi connectivity index (χ2v) is 8.41. The number of aryl methyl sites for hydroxylation is 1. The summed E-state index contributed by atoms with van der Waals surface area (Å²) in [6.07, 6.45) is 1.79. The Morgan fingerprint density at radius 2 is 1.79 bits per heavy atom. The highest BCUT2D eigenvalue weighted by atomic mass is 16.2. The van der Waals surface area contributed by atoms with Gasteiger partial charge in [0.15, 0.2) is 0 Å². The lowest BCUT2D eigenvalue weighted by Gasteiger charge is -2.31. The largest absolute Gasteiger partial charge is 0.342 e. The summed E-state index contributed by atoms with van der Waals surface area (Å²) in [5.74, 6) is 0.640. The van der Waals surface area contributed by atoms with Crippen LogP contribution in [-0.2, 0) is 22.6 Å². The molecule has 3 rings (SSSR count). The number of aromatic nitrogens is 2. The number of hydrogen-bond acceptors (Lipinski definition) is 3. The number of benzene rings is 1. The van der Waals surface area contributed by atoms with Gasteiger partial charge in [0.2, 0.25) is 11.8 Å². The predicted molar refractivity (Wildman–Crippen MR) is 115 cm³/mol. The molecule has 0 radical (unpaired) electrons. The molecule has 6 nitrogen and oxygen atoms in total. The van der Waals surface area contributed by atoms with Crippen molar-refractivity contribution in [1.29, 1.82) is 0 Å². The number of carbonyl (C=O) groups is 2. The van der Waals surface area contributed by atoms with E-state index in [1.54, 1.807) is 0 Å². The summed E-state index contributed by atoms with van der Waals surface area (Å²) in [5.41, 5.74) is 3.88. The Labute approximate surface area is 173 Å². The minimum Gasteiger partial charge on any atom is -0.342 e. The fraction of sp³-hybridized carbons (Fsp3) is 0.522. The lowest BCUT2D eigenvalue weighted by molar-refractivity contribution is -0.133. The van der Waals surface area contributed by atoms with Crippen LogP contribution in [0.5, 0.6) is 0 Å². The first-order valence-electron chi connectivity index (χ1n) is 10.5. The fourth-order valence-electron chi connectivity index (χ4n) is 3.93. The van der Waals surface area contributed by atoms with Crippen molar-refractivity contribution in [3.05, 3.63) is 47.3 Å². The van der Waals surface area contributed by atoms with Gasteiger partial charge in [-0.2, -0.15) is 5.10 Å². The standard InChI is InChI=1S/C23H32N4O2/c1-16(2)15-27-18(4)21(17(3)25-27)14-22(28)26-12-10-19(11-13-26)23(29)24-20-8-6-5-7-9-20/h5-9,16,19H,10-15H2,1-4H3,(H,24,29). The Bertz CT molecular complexity index is 849. The van der Waals surface area contributed by atoms with Crippen molar-refractivity contribution >= 4 is 17.5 Å².